The van der Waals surface area contributed by atoms with Crippen molar-refractivity contribution in [1.29, 1.82) is 0 Å². The molecule has 0 unspecified atom stereocenters. The highest BCUT2D eigenvalue weighted by molar-refractivity contribution is 6.30. The van der Waals surface area contributed by atoms with Crippen LogP contribution in [0.4, 0.5) is 0 Å². The number of hydrogen-bond acceptors (Lipinski definition) is 3. The van der Waals surface area contributed by atoms with Crippen molar-refractivity contribution in [1.82, 2.24) is 14.7 Å². The molecule has 1 rings (SSSR count). The van der Waals surface area contributed by atoms with Crippen molar-refractivity contribution in [2.24, 2.45) is 0 Å². The molecule has 1 amide bonds. The molecule has 0 saturated heterocycles. The van der Waals surface area contributed by atoms with Gasteiger partial charge in [0.25, 0.3) is 0 Å². The van der Waals surface area contributed by atoms with Gasteiger partial charge in [-0.2, -0.15) is 5.10 Å². The number of halogens is 1. The molecule has 102 valence electrons. The summed E-state index contributed by atoms with van der Waals surface area (Å²) < 4.78 is 1.53. The SMILES string of the molecule is C[C@@H](C(=O)N(C)CCC(C)(C)O)n1cc(Cl)cn1. The Bertz CT molecular complexity index is 412. The maximum absolute atomic E-state index is 12.1. The van der Waals surface area contributed by atoms with Crippen LogP contribution in [0.1, 0.15) is 33.2 Å². The number of carbonyl (C=O) groups excluding carboxylic acids is 1. The van der Waals surface area contributed by atoms with E-state index in [0.29, 0.717) is 18.0 Å². The fraction of sp³-hybridized carbons (Fsp3) is 0.667. The zero-order valence-electron chi connectivity index (χ0n) is 11.2. The van der Waals surface area contributed by atoms with Crippen LogP contribution in [0.2, 0.25) is 5.02 Å². The Morgan fingerprint density at radius 3 is 2.72 bits per heavy atom. The van der Waals surface area contributed by atoms with Gasteiger partial charge in [0.1, 0.15) is 6.04 Å². The molecule has 0 aliphatic rings. The van der Waals surface area contributed by atoms with Gasteiger partial charge in [0.15, 0.2) is 0 Å². The first-order valence-electron chi connectivity index (χ1n) is 5.88. The van der Waals surface area contributed by atoms with Gasteiger partial charge in [0.05, 0.1) is 16.8 Å². The molecule has 1 heterocycles. The lowest BCUT2D eigenvalue weighted by molar-refractivity contribution is -0.133. The van der Waals surface area contributed by atoms with Crippen LogP contribution in [0, 0.1) is 0 Å². The van der Waals surface area contributed by atoms with Crippen LogP contribution in [0.15, 0.2) is 12.4 Å². The van der Waals surface area contributed by atoms with Gasteiger partial charge in [-0.3, -0.25) is 9.48 Å². The second-order valence-electron chi connectivity index (χ2n) is 5.14. The van der Waals surface area contributed by atoms with E-state index >= 15 is 0 Å². The van der Waals surface area contributed by atoms with Gasteiger partial charge >= 0.3 is 0 Å². The summed E-state index contributed by atoms with van der Waals surface area (Å²) in [5.74, 6) is -0.0565. The van der Waals surface area contributed by atoms with Crippen LogP contribution < -0.4 is 0 Å². The minimum atomic E-state index is -0.771. The number of hydrogen-bond donors (Lipinski definition) is 1. The summed E-state index contributed by atoms with van der Waals surface area (Å²) in [7, 11) is 1.72. The molecule has 0 radical (unpaired) electrons. The van der Waals surface area contributed by atoms with Crippen LogP contribution in [-0.4, -0.2) is 44.9 Å². The molecule has 5 nitrogen and oxygen atoms in total. The van der Waals surface area contributed by atoms with Gasteiger partial charge in [-0.25, -0.2) is 0 Å². The maximum atomic E-state index is 12.1. The van der Waals surface area contributed by atoms with Gasteiger partial charge in [0.2, 0.25) is 5.91 Å². The predicted molar refractivity (Wildman–Crippen MR) is 70.5 cm³/mol. The Kier molecular flexibility index (Phi) is 4.76. The first-order chi connectivity index (χ1) is 8.20. The summed E-state index contributed by atoms with van der Waals surface area (Å²) >= 11 is 5.77. The lowest BCUT2D eigenvalue weighted by Gasteiger charge is -2.25. The summed E-state index contributed by atoms with van der Waals surface area (Å²) in [6.45, 7) is 5.72. The fourth-order valence-corrected chi connectivity index (χ4v) is 1.65. The number of aromatic nitrogens is 2. The van der Waals surface area contributed by atoms with Crippen molar-refractivity contribution in [3.05, 3.63) is 17.4 Å². The molecule has 0 aromatic carbocycles. The first-order valence-corrected chi connectivity index (χ1v) is 6.25. The van der Waals surface area contributed by atoms with E-state index in [-0.39, 0.29) is 5.91 Å². The van der Waals surface area contributed by atoms with E-state index in [1.165, 1.54) is 10.9 Å². The highest BCUT2D eigenvalue weighted by atomic mass is 35.5. The summed E-state index contributed by atoms with van der Waals surface area (Å²) in [4.78, 5) is 13.7. The Morgan fingerprint density at radius 1 is 1.67 bits per heavy atom. The quantitative estimate of drug-likeness (QED) is 0.889. The molecule has 0 aliphatic carbocycles. The molecule has 1 atom stereocenters. The van der Waals surface area contributed by atoms with Crippen molar-refractivity contribution in [3.8, 4) is 0 Å². The van der Waals surface area contributed by atoms with E-state index in [1.807, 2.05) is 0 Å². The third-order valence-corrected chi connectivity index (χ3v) is 2.95. The van der Waals surface area contributed by atoms with E-state index in [2.05, 4.69) is 5.10 Å². The van der Waals surface area contributed by atoms with Gasteiger partial charge in [-0.05, 0) is 27.2 Å². The smallest absolute Gasteiger partial charge is 0.246 e. The van der Waals surface area contributed by atoms with Gasteiger partial charge in [-0.1, -0.05) is 11.6 Å². The number of likely N-dealkylation sites (N-methyl/N-ethyl adjacent to an activating group) is 1. The van der Waals surface area contributed by atoms with Crippen LogP contribution in [0.25, 0.3) is 0 Å². The highest BCUT2D eigenvalue weighted by Crippen LogP contribution is 2.14. The standard InChI is InChI=1S/C12H20ClN3O2/c1-9(16-8-10(13)7-14-16)11(17)15(4)6-5-12(2,3)18/h7-9,18H,5-6H2,1-4H3/t9-/m0/s1. The third kappa shape index (κ3) is 4.31. The van der Waals surface area contributed by atoms with E-state index in [9.17, 15) is 9.90 Å². The van der Waals surface area contributed by atoms with Crippen LogP contribution >= 0.6 is 11.6 Å². The minimum absolute atomic E-state index is 0.0565. The molecular weight excluding hydrogens is 254 g/mol. The van der Waals surface area contributed by atoms with Crippen molar-refractivity contribution >= 4 is 17.5 Å². The van der Waals surface area contributed by atoms with E-state index in [4.69, 9.17) is 11.6 Å². The van der Waals surface area contributed by atoms with Gasteiger partial charge in [-0.15, -0.1) is 0 Å². The average Bonchev–Trinajstić information content (AvgIpc) is 2.69. The second kappa shape index (κ2) is 5.71. The van der Waals surface area contributed by atoms with Gasteiger partial charge in [0, 0.05) is 19.8 Å². The molecule has 0 spiro atoms. The van der Waals surface area contributed by atoms with Crippen molar-refractivity contribution in [2.75, 3.05) is 13.6 Å². The Labute approximate surface area is 112 Å². The highest BCUT2D eigenvalue weighted by Gasteiger charge is 2.22. The van der Waals surface area contributed by atoms with Crippen molar-refractivity contribution in [3.63, 3.8) is 0 Å². The van der Waals surface area contributed by atoms with Crippen molar-refractivity contribution in [2.45, 2.75) is 38.8 Å². The summed E-state index contributed by atoms with van der Waals surface area (Å²) in [5, 5.41) is 14.2. The first kappa shape index (κ1) is 15.0. The molecular formula is C12H20ClN3O2. The van der Waals surface area contributed by atoms with E-state index in [0.717, 1.165) is 0 Å². The Hall–Kier alpha value is -1.07. The lowest BCUT2D eigenvalue weighted by Crippen LogP contribution is -2.36. The molecule has 0 saturated carbocycles. The third-order valence-electron chi connectivity index (χ3n) is 2.76. The minimum Gasteiger partial charge on any atom is -0.390 e. The number of carbonyl (C=O) groups is 1. The number of nitrogens with zero attached hydrogens (tertiary/aromatic N) is 3. The van der Waals surface area contributed by atoms with Crippen LogP contribution in [0.5, 0.6) is 0 Å². The number of amides is 1. The monoisotopic (exact) mass is 273 g/mol. The topological polar surface area (TPSA) is 58.4 Å². The molecule has 18 heavy (non-hydrogen) atoms. The predicted octanol–water partition coefficient (Wildman–Crippen LogP) is 1.72. The number of aliphatic hydroxyl groups is 1. The van der Waals surface area contributed by atoms with Crippen LogP contribution in [-0.2, 0) is 4.79 Å². The fourth-order valence-electron chi connectivity index (χ4n) is 1.51. The maximum Gasteiger partial charge on any atom is 0.246 e. The normalized spacial score (nSPS) is 13.4. The molecule has 0 aliphatic heterocycles. The zero-order valence-corrected chi connectivity index (χ0v) is 12.0. The second-order valence-corrected chi connectivity index (χ2v) is 5.57. The van der Waals surface area contributed by atoms with Crippen molar-refractivity contribution < 1.29 is 9.90 Å². The summed E-state index contributed by atoms with van der Waals surface area (Å²) in [6.07, 6.45) is 3.65. The zero-order chi connectivity index (χ0) is 13.9. The van der Waals surface area contributed by atoms with E-state index < -0.39 is 11.6 Å². The molecule has 0 bridgehead atoms. The molecule has 0 fully saturated rings. The Balaban J connectivity index is 2.58. The molecule has 1 aromatic heterocycles. The summed E-state index contributed by atoms with van der Waals surface area (Å²) in [5.41, 5.74) is -0.771. The number of rotatable bonds is 5. The molecule has 1 aromatic rings. The lowest BCUT2D eigenvalue weighted by atomic mass is 10.1. The molecule has 6 heteroatoms. The summed E-state index contributed by atoms with van der Waals surface area (Å²) in [6, 6.07) is -0.399. The van der Waals surface area contributed by atoms with Crippen LogP contribution in [0.3, 0.4) is 0 Å². The Morgan fingerprint density at radius 2 is 2.28 bits per heavy atom. The van der Waals surface area contributed by atoms with E-state index in [1.54, 1.807) is 38.9 Å². The average molecular weight is 274 g/mol. The molecule has 1 N–H and O–H groups in total. The van der Waals surface area contributed by atoms with Gasteiger partial charge < -0.3 is 10.0 Å². The largest absolute Gasteiger partial charge is 0.390 e.